The van der Waals surface area contributed by atoms with Gasteiger partial charge in [0.15, 0.2) is 11.5 Å². The molecule has 86 valence electrons. The molecule has 0 spiro atoms. The van der Waals surface area contributed by atoms with E-state index in [1.807, 2.05) is 12.1 Å². The molecule has 3 nitrogen and oxygen atoms in total. The van der Waals surface area contributed by atoms with E-state index in [-0.39, 0.29) is 0 Å². The molecule has 1 heterocycles. The fourth-order valence-electron chi connectivity index (χ4n) is 1.67. The van der Waals surface area contributed by atoms with Crippen molar-refractivity contribution in [3.8, 4) is 0 Å². The zero-order chi connectivity index (χ0) is 11.5. The summed E-state index contributed by atoms with van der Waals surface area (Å²) in [6.07, 6.45) is 1.83. The van der Waals surface area contributed by atoms with E-state index in [1.165, 1.54) is 0 Å². The topological polar surface area (TPSA) is 52.0 Å². The monoisotopic (exact) mass is 238 g/mol. The molecule has 0 saturated heterocycles. The van der Waals surface area contributed by atoms with Crippen LogP contribution in [0.3, 0.4) is 0 Å². The summed E-state index contributed by atoms with van der Waals surface area (Å²) in [4.78, 5) is 4.41. The minimum Gasteiger partial charge on any atom is -0.441 e. The highest BCUT2D eigenvalue weighted by atomic mass is 35.5. The smallest absolute Gasteiger partial charge is 0.195 e. The predicted molar refractivity (Wildman–Crippen MR) is 65.6 cm³/mol. The number of oxazole rings is 1. The fourth-order valence-corrected chi connectivity index (χ4v) is 1.84. The maximum Gasteiger partial charge on any atom is 0.195 e. The molecule has 2 rings (SSSR count). The van der Waals surface area contributed by atoms with E-state index < -0.39 is 0 Å². The lowest BCUT2D eigenvalue weighted by Gasteiger charge is -2.07. The number of rotatable bonds is 4. The van der Waals surface area contributed by atoms with Crippen molar-refractivity contribution < 1.29 is 4.42 Å². The molecule has 1 atom stereocenters. The molecule has 16 heavy (non-hydrogen) atoms. The summed E-state index contributed by atoms with van der Waals surface area (Å²) in [5, 5.41) is 0.668. The zero-order valence-corrected chi connectivity index (χ0v) is 10.00. The molecule has 0 aliphatic heterocycles. The molecule has 0 fully saturated rings. The van der Waals surface area contributed by atoms with Crippen molar-refractivity contribution in [2.24, 2.45) is 11.7 Å². The highest BCUT2D eigenvalue weighted by molar-refractivity contribution is 6.31. The molecule has 0 aliphatic carbocycles. The second-order valence-electron chi connectivity index (χ2n) is 3.93. The van der Waals surface area contributed by atoms with Gasteiger partial charge in [-0.3, -0.25) is 0 Å². The average Bonchev–Trinajstić information content (AvgIpc) is 2.67. The van der Waals surface area contributed by atoms with E-state index in [2.05, 4.69) is 11.9 Å². The van der Waals surface area contributed by atoms with E-state index in [0.29, 0.717) is 17.5 Å². The molecule has 2 N–H and O–H groups in total. The van der Waals surface area contributed by atoms with E-state index in [0.717, 1.165) is 29.8 Å². The van der Waals surface area contributed by atoms with Gasteiger partial charge in [-0.1, -0.05) is 24.9 Å². The van der Waals surface area contributed by atoms with Crippen LogP contribution in [0.15, 0.2) is 22.6 Å². The average molecular weight is 239 g/mol. The first kappa shape index (κ1) is 11.4. The third kappa shape index (κ3) is 2.36. The van der Waals surface area contributed by atoms with Gasteiger partial charge in [-0.2, -0.15) is 0 Å². The van der Waals surface area contributed by atoms with Crippen molar-refractivity contribution in [3.05, 3.63) is 29.1 Å². The van der Waals surface area contributed by atoms with Crippen LogP contribution in [0.25, 0.3) is 11.1 Å². The Bertz CT molecular complexity index is 477. The molecule has 2 aromatic rings. The van der Waals surface area contributed by atoms with Gasteiger partial charge in [-0.15, -0.1) is 0 Å². The van der Waals surface area contributed by atoms with E-state index in [9.17, 15) is 0 Å². The summed E-state index contributed by atoms with van der Waals surface area (Å²) in [5.74, 6) is 1.18. The minimum atomic E-state index is 0.434. The summed E-state index contributed by atoms with van der Waals surface area (Å²) < 4.78 is 5.63. The summed E-state index contributed by atoms with van der Waals surface area (Å²) in [7, 11) is 0. The van der Waals surface area contributed by atoms with Gasteiger partial charge >= 0.3 is 0 Å². The van der Waals surface area contributed by atoms with Crippen LogP contribution in [-0.4, -0.2) is 11.5 Å². The number of nitrogens with zero attached hydrogens (tertiary/aromatic N) is 1. The Kier molecular flexibility index (Phi) is 3.46. The molecule has 4 heteroatoms. The number of aromatic nitrogens is 1. The molecule has 1 aromatic heterocycles. The Labute approximate surface area is 99.6 Å². The van der Waals surface area contributed by atoms with Crippen molar-refractivity contribution in [1.82, 2.24) is 4.98 Å². The summed E-state index contributed by atoms with van der Waals surface area (Å²) in [6.45, 7) is 2.78. The Balaban J connectivity index is 2.25. The normalized spacial score (nSPS) is 13.2. The van der Waals surface area contributed by atoms with Gasteiger partial charge in [-0.25, -0.2) is 4.98 Å². The number of benzene rings is 1. The molecular formula is C12H15ClN2O. The number of halogens is 1. The highest BCUT2D eigenvalue weighted by Crippen LogP contribution is 2.21. The molecule has 1 unspecified atom stereocenters. The number of nitrogens with two attached hydrogens (primary N) is 1. The third-order valence-electron chi connectivity index (χ3n) is 2.77. The van der Waals surface area contributed by atoms with Crippen LogP contribution in [0.1, 0.15) is 19.2 Å². The maximum absolute atomic E-state index is 5.88. The molecule has 0 aliphatic rings. The molecule has 0 radical (unpaired) electrons. The largest absolute Gasteiger partial charge is 0.441 e. The first-order chi connectivity index (χ1) is 7.72. The van der Waals surface area contributed by atoms with Gasteiger partial charge in [0, 0.05) is 17.5 Å². The first-order valence-electron chi connectivity index (χ1n) is 5.48. The molecule has 0 saturated carbocycles. The van der Waals surface area contributed by atoms with E-state index in [4.69, 9.17) is 21.8 Å². The van der Waals surface area contributed by atoms with Crippen LogP contribution < -0.4 is 5.73 Å². The molecular weight excluding hydrogens is 224 g/mol. The minimum absolute atomic E-state index is 0.434. The lowest BCUT2D eigenvalue weighted by Crippen LogP contribution is -2.15. The van der Waals surface area contributed by atoms with Crippen molar-refractivity contribution in [2.75, 3.05) is 6.54 Å². The van der Waals surface area contributed by atoms with Crippen molar-refractivity contribution in [1.29, 1.82) is 0 Å². The lowest BCUT2D eigenvalue weighted by molar-refractivity contribution is 0.438. The fraction of sp³-hybridized carbons (Fsp3) is 0.417. The van der Waals surface area contributed by atoms with Crippen molar-refractivity contribution >= 4 is 22.7 Å². The van der Waals surface area contributed by atoms with Gasteiger partial charge in [0.05, 0.1) is 0 Å². The Morgan fingerprint density at radius 1 is 1.50 bits per heavy atom. The van der Waals surface area contributed by atoms with E-state index in [1.54, 1.807) is 6.07 Å². The molecule has 1 aromatic carbocycles. The maximum atomic E-state index is 5.88. The van der Waals surface area contributed by atoms with Gasteiger partial charge in [-0.05, 0) is 24.6 Å². The van der Waals surface area contributed by atoms with Gasteiger partial charge in [0.1, 0.15) is 5.52 Å². The molecule has 0 amide bonds. The van der Waals surface area contributed by atoms with Gasteiger partial charge in [0.2, 0.25) is 0 Å². The quantitative estimate of drug-likeness (QED) is 0.891. The Hall–Kier alpha value is -1.06. The predicted octanol–water partition coefficient (Wildman–Crippen LogP) is 3.01. The molecule has 0 bridgehead atoms. The number of hydrogen-bond donors (Lipinski definition) is 1. The summed E-state index contributed by atoms with van der Waals surface area (Å²) in [5.41, 5.74) is 7.26. The Morgan fingerprint density at radius 2 is 2.31 bits per heavy atom. The van der Waals surface area contributed by atoms with Gasteiger partial charge < -0.3 is 10.2 Å². The second-order valence-corrected chi connectivity index (χ2v) is 4.37. The summed E-state index contributed by atoms with van der Waals surface area (Å²) >= 11 is 5.88. The summed E-state index contributed by atoms with van der Waals surface area (Å²) in [6, 6.07) is 5.47. The number of hydrogen-bond acceptors (Lipinski definition) is 3. The zero-order valence-electron chi connectivity index (χ0n) is 9.24. The van der Waals surface area contributed by atoms with Crippen LogP contribution in [0.5, 0.6) is 0 Å². The van der Waals surface area contributed by atoms with E-state index >= 15 is 0 Å². The Morgan fingerprint density at radius 3 is 3.00 bits per heavy atom. The van der Waals surface area contributed by atoms with Crippen LogP contribution in [-0.2, 0) is 6.42 Å². The standard InChI is InChI=1S/C12H15ClN2O/c1-2-8(7-14)5-12-15-10-4-3-9(13)6-11(10)16-12/h3-4,6,8H,2,5,7,14H2,1H3. The van der Waals surface area contributed by atoms with Crippen LogP contribution in [0.2, 0.25) is 5.02 Å². The number of fused-ring (bicyclic) bond motifs is 1. The van der Waals surface area contributed by atoms with Crippen molar-refractivity contribution in [3.63, 3.8) is 0 Å². The SMILES string of the molecule is CCC(CN)Cc1nc2ccc(Cl)cc2o1. The lowest BCUT2D eigenvalue weighted by atomic mass is 10.0. The highest BCUT2D eigenvalue weighted by Gasteiger charge is 2.11. The third-order valence-corrected chi connectivity index (χ3v) is 3.00. The van der Waals surface area contributed by atoms with Crippen molar-refractivity contribution in [2.45, 2.75) is 19.8 Å². The van der Waals surface area contributed by atoms with Gasteiger partial charge in [0.25, 0.3) is 0 Å². The van der Waals surface area contributed by atoms with Crippen LogP contribution in [0, 0.1) is 5.92 Å². The second kappa shape index (κ2) is 4.85. The van der Waals surface area contributed by atoms with Crippen LogP contribution in [0.4, 0.5) is 0 Å². The van der Waals surface area contributed by atoms with Crippen LogP contribution >= 0.6 is 11.6 Å². The first-order valence-corrected chi connectivity index (χ1v) is 5.85.